The van der Waals surface area contributed by atoms with Gasteiger partial charge in [-0.25, -0.2) is 9.78 Å². The molecule has 4 aromatic carbocycles. The van der Waals surface area contributed by atoms with E-state index in [1.165, 1.54) is 33.4 Å². The van der Waals surface area contributed by atoms with Crippen molar-refractivity contribution >= 4 is 0 Å². The zero-order valence-corrected chi connectivity index (χ0v) is 29.2. The van der Waals surface area contributed by atoms with E-state index in [0.717, 1.165) is 11.1 Å². The predicted octanol–water partition coefficient (Wildman–Crippen LogP) is 11.7. The van der Waals surface area contributed by atoms with Gasteiger partial charge >= 0.3 is 0 Å². The van der Waals surface area contributed by atoms with E-state index in [1.807, 2.05) is 0 Å². The Morgan fingerprint density at radius 2 is 0.727 bits per heavy atom. The molecule has 0 aliphatic carbocycles. The number of hydrogen-bond donors (Lipinski definition) is 0. The quantitative estimate of drug-likeness (QED) is 0.128. The van der Waals surface area contributed by atoms with Gasteiger partial charge in [0.05, 0.1) is 0 Å². The van der Waals surface area contributed by atoms with Crippen LogP contribution in [0.4, 0.5) is 0 Å². The summed E-state index contributed by atoms with van der Waals surface area (Å²) in [5.41, 5.74) is 8.26. The Balaban J connectivity index is 1.79. The number of benzene rings is 4. The van der Waals surface area contributed by atoms with Crippen molar-refractivity contribution in [3.05, 3.63) is 142 Å². The Kier molecular flexibility index (Phi) is 9.69. The average Bonchev–Trinajstić information content (AvgIpc) is 3.00. The summed E-state index contributed by atoms with van der Waals surface area (Å²) in [6, 6.07) is 34.9. The fourth-order valence-corrected chi connectivity index (χ4v) is 6.80. The summed E-state index contributed by atoms with van der Waals surface area (Å²) in [4.78, 5) is 13.2. The van der Waals surface area contributed by atoms with E-state index >= 15 is 0 Å². The lowest BCUT2D eigenvalue weighted by atomic mass is 9.70. The van der Waals surface area contributed by atoms with Crippen molar-refractivity contribution in [2.24, 2.45) is 0 Å². The molecule has 0 aliphatic heterocycles. The van der Waals surface area contributed by atoms with Gasteiger partial charge in [-0.05, 0) is 84.0 Å². The van der Waals surface area contributed by atoms with Crippen molar-refractivity contribution in [2.75, 3.05) is 0 Å². The minimum Gasteiger partial charge on any atom is -0.225 e. The van der Waals surface area contributed by atoms with Crippen molar-refractivity contribution in [1.82, 2.24) is 0 Å². The molecule has 0 aromatic heterocycles. The molecule has 0 unspecified atom stereocenters. The van der Waals surface area contributed by atoms with Gasteiger partial charge in [0.1, 0.15) is 11.2 Å². The molecule has 234 valence electrons. The molecule has 4 aromatic rings. The van der Waals surface area contributed by atoms with Crippen LogP contribution in [0.2, 0.25) is 0 Å². The van der Waals surface area contributed by atoms with Crippen LogP contribution in [0.15, 0.2) is 97.1 Å². The molecule has 0 saturated carbocycles. The summed E-state index contributed by atoms with van der Waals surface area (Å²) in [5.74, 6) is 0.727. The molecule has 2 heteroatoms. The molecule has 0 amide bonds. The van der Waals surface area contributed by atoms with E-state index in [-0.39, 0.29) is 10.8 Å². The number of rotatable bonds is 11. The molecule has 4 rings (SSSR count). The van der Waals surface area contributed by atoms with Gasteiger partial charge in [-0.2, -0.15) is 0 Å². The zero-order chi connectivity index (χ0) is 32.5. The highest BCUT2D eigenvalue weighted by Gasteiger charge is 2.39. The largest absolute Gasteiger partial charge is 0.225 e. The molecule has 0 aliphatic rings. The minimum absolute atomic E-state index is 0.230. The lowest BCUT2D eigenvalue weighted by Gasteiger charge is -2.40. The molecule has 0 fully saturated rings. The monoisotopic (exact) mass is 590 g/mol. The predicted molar refractivity (Wildman–Crippen MR) is 186 cm³/mol. The van der Waals surface area contributed by atoms with Crippen LogP contribution in [-0.4, -0.2) is 0 Å². The first-order valence-electron chi connectivity index (χ1n) is 16.3. The Labute approximate surface area is 267 Å². The van der Waals surface area contributed by atoms with Gasteiger partial charge < -0.3 is 0 Å². The summed E-state index contributed by atoms with van der Waals surface area (Å²) >= 11 is 0. The summed E-state index contributed by atoms with van der Waals surface area (Å²) < 4.78 is 0. The topological polar surface area (TPSA) is 18.5 Å². The standard InChI is InChI=1S/C42H54O2/c1-29(2)33-25-19-27-35(37(33)39(5,6)31-21-15-13-16-22-31)41(9,10)43-44-42(11,12)36-28-20-26-34(30(3)4)38(36)40(7,8)32-23-17-14-18-24-32/h13-30H,1-12H3. The highest BCUT2D eigenvalue weighted by molar-refractivity contribution is 5.51. The van der Waals surface area contributed by atoms with Crippen molar-refractivity contribution in [3.63, 3.8) is 0 Å². The zero-order valence-electron chi connectivity index (χ0n) is 29.2. The third-order valence-corrected chi connectivity index (χ3v) is 9.43. The average molecular weight is 591 g/mol. The lowest BCUT2D eigenvalue weighted by Crippen LogP contribution is -2.35. The molecule has 0 heterocycles. The van der Waals surface area contributed by atoms with Gasteiger partial charge in [-0.1, -0.05) is 152 Å². The van der Waals surface area contributed by atoms with E-state index in [4.69, 9.17) is 9.78 Å². The van der Waals surface area contributed by atoms with Gasteiger partial charge in [0, 0.05) is 10.8 Å². The highest BCUT2D eigenvalue weighted by Crippen LogP contribution is 2.46. The van der Waals surface area contributed by atoms with Gasteiger partial charge in [0.25, 0.3) is 0 Å². The fourth-order valence-electron chi connectivity index (χ4n) is 6.80. The first-order chi connectivity index (χ1) is 20.5. The maximum atomic E-state index is 6.61. The summed E-state index contributed by atoms with van der Waals surface area (Å²) in [6.07, 6.45) is 0. The molecule has 0 spiro atoms. The Hall–Kier alpha value is -3.20. The molecule has 44 heavy (non-hydrogen) atoms. The Bertz CT molecular complexity index is 1420. The van der Waals surface area contributed by atoms with E-state index in [2.05, 4.69) is 180 Å². The summed E-state index contributed by atoms with van der Waals surface area (Å²) in [6.45, 7) is 26.9. The van der Waals surface area contributed by atoms with Crippen LogP contribution in [0.25, 0.3) is 0 Å². The lowest BCUT2D eigenvalue weighted by molar-refractivity contribution is -0.410. The van der Waals surface area contributed by atoms with Crippen LogP contribution in [0.1, 0.15) is 139 Å². The van der Waals surface area contributed by atoms with Crippen LogP contribution < -0.4 is 0 Å². The first kappa shape index (κ1) is 33.7. The van der Waals surface area contributed by atoms with Crippen LogP contribution in [-0.2, 0) is 31.8 Å². The van der Waals surface area contributed by atoms with E-state index in [9.17, 15) is 0 Å². The second kappa shape index (κ2) is 12.7. The maximum Gasteiger partial charge on any atom is 0.123 e. The molecule has 0 atom stereocenters. The second-order valence-corrected chi connectivity index (χ2v) is 15.0. The summed E-state index contributed by atoms with van der Waals surface area (Å²) in [5, 5.41) is 0. The maximum absolute atomic E-state index is 6.61. The van der Waals surface area contributed by atoms with Crippen LogP contribution in [0.3, 0.4) is 0 Å². The van der Waals surface area contributed by atoms with E-state index in [1.54, 1.807) is 0 Å². The SMILES string of the molecule is CC(C)c1cccc(C(C)(C)OOC(C)(C)c2cccc(C(C)C)c2C(C)(C)c2ccccc2)c1C(C)(C)c1ccccc1. The highest BCUT2D eigenvalue weighted by atomic mass is 17.2. The Morgan fingerprint density at radius 3 is 1.02 bits per heavy atom. The van der Waals surface area contributed by atoms with Crippen LogP contribution in [0, 0.1) is 0 Å². The molecule has 2 nitrogen and oxygen atoms in total. The van der Waals surface area contributed by atoms with Gasteiger partial charge in [-0.15, -0.1) is 0 Å². The van der Waals surface area contributed by atoms with Crippen molar-refractivity contribution in [3.8, 4) is 0 Å². The van der Waals surface area contributed by atoms with Crippen molar-refractivity contribution < 1.29 is 9.78 Å². The van der Waals surface area contributed by atoms with Crippen molar-refractivity contribution in [1.29, 1.82) is 0 Å². The van der Waals surface area contributed by atoms with Gasteiger partial charge in [0.2, 0.25) is 0 Å². The molecule has 0 radical (unpaired) electrons. The van der Waals surface area contributed by atoms with Crippen molar-refractivity contribution in [2.45, 2.75) is 117 Å². The minimum atomic E-state index is -0.714. The molecular weight excluding hydrogens is 536 g/mol. The third kappa shape index (κ3) is 6.58. The smallest absolute Gasteiger partial charge is 0.123 e. The molecule has 0 N–H and O–H groups in total. The fraction of sp³-hybridized carbons (Fsp3) is 0.429. The normalized spacial score (nSPS) is 13.1. The van der Waals surface area contributed by atoms with Gasteiger partial charge in [0.15, 0.2) is 0 Å². The second-order valence-electron chi connectivity index (χ2n) is 15.0. The van der Waals surface area contributed by atoms with Gasteiger partial charge in [-0.3, -0.25) is 0 Å². The van der Waals surface area contributed by atoms with E-state index in [0.29, 0.717) is 11.8 Å². The molecule has 0 bridgehead atoms. The molecular formula is C42H54O2. The number of hydrogen-bond acceptors (Lipinski definition) is 2. The third-order valence-electron chi connectivity index (χ3n) is 9.43. The first-order valence-corrected chi connectivity index (χ1v) is 16.3. The molecule has 0 saturated heterocycles. The van der Waals surface area contributed by atoms with Crippen LogP contribution >= 0.6 is 0 Å². The van der Waals surface area contributed by atoms with E-state index < -0.39 is 11.2 Å². The Morgan fingerprint density at radius 1 is 0.409 bits per heavy atom. The summed E-state index contributed by atoms with van der Waals surface area (Å²) in [7, 11) is 0. The van der Waals surface area contributed by atoms with Crippen LogP contribution in [0.5, 0.6) is 0 Å².